The van der Waals surface area contributed by atoms with Crippen LogP contribution < -0.4 is 5.32 Å². The lowest BCUT2D eigenvalue weighted by Gasteiger charge is -2.29. The Morgan fingerprint density at radius 3 is 2.57 bits per heavy atom. The lowest BCUT2D eigenvalue weighted by molar-refractivity contribution is -0.133. The third-order valence-electron chi connectivity index (χ3n) is 3.83. The largest absolute Gasteiger partial charge is 0.341 e. The van der Waals surface area contributed by atoms with Gasteiger partial charge in [-0.15, -0.1) is 0 Å². The van der Waals surface area contributed by atoms with Crippen molar-refractivity contribution in [3.05, 3.63) is 33.8 Å². The Balaban J connectivity index is 2.01. The molecule has 0 aliphatic carbocycles. The van der Waals surface area contributed by atoms with Gasteiger partial charge in [-0.05, 0) is 50.8 Å². The number of carbonyl (C=O) groups excluding carboxylic acids is 2. The standard InChI is InChI=1S/C16H21BrN2O2/c1-11-6-7-13(17)10-14(11)15(20)18-12(2)16(21)19-8-4-3-5-9-19/h6-7,10,12H,3-5,8-9H2,1-2H3,(H,18,20). The summed E-state index contributed by atoms with van der Waals surface area (Å²) in [4.78, 5) is 26.5. The molecule has 114 valence electrons. The maximum absolute atomic E-state index is 12.3. The SMILES string of the molecule is Cc1ccc(Br)cc1C(=O)NC(C)C(=O)N1CCCCC1. The highest BCUT2D eigenvalue weighted by Crippen LogP contribution is 2.16. The lowest BCUT2D eigenvalue weighted by Crippen LogP contribution is -2.48. The summed E-state index contributed by atoms with van der Waals surface area (Å²) in [5, 5.41) is 2.81. The van der Waals surface area contributed by atoms with Gasteiger partial charge < -0.3 is 10.2 Å². The molecule has 2 rings (SSSR count). The van der Waals surface area contributed by atoms with E-state index in [9.17, 15) is 9.59 Å². The number of carbonyl (C=O) groups is 2. The van der Waals surface area contributed by atoms with E-state index in [4.69, 9.17) is 0 Å². The molecule has 1 aromatic rings. The molecule has 0 saturated carbocycles. The number of aryl methyl sites for hydroxylation is 1. The van der Waals surface area contributed by atoms with Gasteiger partial charge in [0.25, 0.3) is 5.91 Å². The summed E-state index contributed by atoms with van der Waals surface area (Å²) in [6.07, 6.45) is 3.29. The third-order valence-corrected chi connectivity index (χ3v) is 4.32. The van der Waals surface area contributed by atoms with Crippen LogP contribution in [0.4, 0.5) is 0 Å². The van der Waals surface area contributed by atoms with Gasteiger partial charge in [0.05, 0.1) is 0 Å². The van der Waals surface area contributed by atoms with Gasteiger partial charge >= 0.3 is 0 Å². The van der Waals surface area contributed by atoms with Gasteiger partial charge in [-0.1, -0.05) is 22.0 Å². The Kier molecular flexibility index (Phi) is 5.39. The van der Waals surface area contributed by atoms with Gasteiger partial charge in [0.15, 0.2) is 0 Å². The fourth-order valence-electron chi connectivity index (χ4n) is 2.56. The van der Waals surface area contributed by atoms with E-state index in [1.54, 1.807) is 13.0 Å². The molecule has 1 N–H and O–H groups in total. The van der Waals surface area contributed by atoms with E-state index in [-0.39, 0.29) is 11.8 Å². The van der Waals surface area contributed by atoms with Crippen LogP contribution >= 0.6 is 15.9 Å². The van der Waals surface area contributed by atoms with Crippen molar-refractivity contribution < 1.29 is 9.59 Å². The first-order valence-corrected chi connectivity index (χ1v) is 8.14. The highest BCUT2D eigenvalue weighted by atomic mass is 79.9. The smallest absolute Gasteiger partial charge is 0.252 e. The van der Waals surface area contributed by atoms with E-state index in [2.05, 4.69) is 21.2 Å². The number of hydrogen-bond donors (Lipinski definition) is 1. The number of amides is 2. The normalized spacial score (nSPS) is 16.4. The average molecular weight is 353 g/mol. The van der Waals surface area contributed by atoms with Crippen LogP contribution in [0.1, 0.15) is 42.1 Å². The monoisotopic (exact) mass is 352 g/mol. The van der Waals surface area contributed by atoms with Crippen LogP contribution in [0.3, 0.4) is 0 Å². The zero-order valence-electron chi connectivity index (χ0n) is 12.5. The van der Waals surface area contributed by atoms with E-state index < -0.39 is 6.04 Å². The molecular formula is C16H21BrN2O2. The fraction of sp³-hybridized carbons (Fsp3) is 0.500. The van der Waals surface area contributed by atoms with Gasteiger partial charge in [0, 0.05) is 23.1 Å². The molecule has 2 amide bonds. The van der Waals surface area contributed by atoms with E-state index >= 15 is 0 Å². The molecule has 4 nitrogen and oxygen atoms in total. The Morgan fingerprint density at radius 2 is 1.90 bits per heavy atom. The molecule has 0 spiro atoms. The fourth-order valence-corrected chi connectivity index (χ4v) is 2.92. The van der Waals surface area contributed by atoms with Crippen molar-refractivity contribution >= 4 is 27.7 Å². The number of halogens is 1. The number of benzene rings is 1. The lowest BCUT2D eigenvalue weighted by atomic mass is 10.1. The second kappa shape index (κ2) is 7.07. The predicted molar refractivity (Wildman–Crippen MR) is 86.2 cm³/mol. The summed E-state index contributed by atoms with van der Waals surface area (Å²) >= 11 is 3.37. The molecule has 1 heterocycles. The zero-order valence-corrected chi connectivity index (χ0v) is 14.1. The van der Waals surface area contributed by atoms with Crippen molar-refractivity contribution in [2.75, 3.05) is 13.1 Å². The van der Waals surface area contributed by atoms with E-state index in [0.717, 1.165) is 36.0 Å². The average Bonchev–Trinajstić information content (AvgIpc) is 2.49. The van der Waals surface area contributed by atoms with Crippen LogP contribution in [-0.4, -0.2) is 35.8 Å². The van der Waals surface area contributed by atoms with Gasteiger partial charge in [-0.2, -0.15) is 0 Å². The van der Waals surface area contributed by atoms with Crippen LogP contribution in [0.5, 0.6) is 0 Å². The van der Waals surface area contributed by atoms with Crippen molar-refractivity contribution in [2.45, 2.75) is 39.2 Å². The van der Waals surface area contributed by atoms with Crippen molar-refractivity contribution in [1.29, 1.82) is 0 Å². The Bertz CT molecular complexity index is 539. The first-order chi connectivity index (χ1) is 9.99. The topological polar surface area (TPSA) is 49.4 Å². The second-order valence-electron chi connectivity index (χ2n) is 5.54. The Labute approximate surface area is 134 Å². The number of hydrogen-bond acceptors (Lipinski definition) is 2. The van der Waals surface area contributed by atoms with E-state index in [0.29, 0.717) is 5.56 Å². The van der Waals surface area contributed by atoms with Crippen molar-refractivity contribution in [2.24, 2.45) is 0 Å². The molecule has 1 atom stereocenters. The molecule has 1 aliphatic heterocycles. The highest BCUT2D eigenvalue weighted by molar-refractivity contribution is 9.10. The van der Waals surface area contributed by atoms with Crippen molar-refractivity contribution in [1.82, 2.24) is 10.2 Å². The minimum absolute atomic E-state index is 0.00991. The maximum atomic E-state index is 12.3. The Hall–Kier alpha value is -1.36. The summed E-state index contributed by atoms with van der Waals surface area (Å²) in [5.74, 6) is -0.192. The maximum Gasteiger partial charge on any atom is 0.252 e. The van der Waals surface area contributed by atoms with Crippen LogP contribution in [-0.2, 0) is 4.79 Å². The van der Waals surface area contributed by atoms with E-state index in [1.807, 2.05) is 24.0 Å². The first-order valence-electron chi connectivity index (χ1n) is 7.35. The summed E-state index contributed by atoms with van der Waals surface area (Å²) in [5.41, 5.74) is 1.50. The van der Waals surface area contributed by atoms with Gasteiger partial charge in [0.2, 0.25) is 5.91 Å². The molecule has 0 aromatic heterocycles. The van der Waals surface area contributed by atoms with Gasteiger partial charge in [0.1, 0.15) is 6.04 Å². The molecule has 21 heavy (non-hydrogen) atoms. The Morgan fingerprint density at radius 1 is 1.24 bits per heavy atom. The molecule has 0 radical (unpaired) electrons. The van der Waals surface area contributed by atoms with E-state index in [1.165, 1.54) is 6.42 Å². The first kappa shape index (κ1) is 16.0. The quantitative estimate of drug-likeness (QED) is 0.909. The molecule has 1 aromatic carbocycles. The minimum atomic E-state index is -0.492. The highest BCUT2D eigenvalue weighted by Gasteiger charge is 2.24. The number of rotatable bonds is 3. The number of likely N-dealkylation sites (tertiary alicyclic amines) is 1. The summed E-state index contributed by atoms with van der Waals surface area (Å²) in [7, 11) is 0. The predicted octanol–water partition coefficient (Wildman–Crippen LogP) is 2.89. The summed E-state index contributed by atoms with van der Waals surface area (Å²) < 4.78 is 0.855. The molecule has 0 bridgehead atoms. The number of piperidine rings is 1. The molecule has 1 saturated heterocycles. The third kappa shape index (κ3) is 4.06. The molecule has 1 aliphatic rings. The number of nitrogens with one attached hydrogen (secondary N) is 1. The van der Waals surface area contributed by atoms with Gasteiger partial charge in [-0.25, -0.2) is 0 Å². The molecule has 1 fully saturated rings. The van der Waals surface area contributed by atoms with Crippen LogP contribution in [0.2, 0.25) is 0 Å². The second-order valence-corrected chi connectivity index (χ2v) is 6.46. The molecular weight excluding hydrogens is 332 g/mol. The number of nitrogens with zero attached hydrogens (tertiary/aromatic N) is 1. The minimum Gasteiger partial charge on any atom is -0.341 e. The van der Waals surface area contributed by atoms with Crippen LogP contribution in [0.25, 0.3) is 0 Å². The molecule has 5 heteroatoms. The van der Waals surface area contributed by atoms with Crippen LogP contribution in [0.15, 0.2) is 22.7 Å². The summed E-state index contributed by atoms with van der Waals surface area (Å²) in [6.45, 7) is 5.24. The van der Waals surface area contributed by atoms with Crippen LogP contribution in [0, 0.1) is 6.92 Å². The molecule has 1 unspecified atom stereocenters. The zero-order chi connectivity index (χ0) is 15.4. The van der Waals surface area contributed by atoms with Crippen molar-refractivity contribution in [3.63, 3.8) is 0 Å². The summed E-state index contributed by atoms with van der Waals surface area (Å²) in [6, 6.07) is 5.07. The van der Waals surface area contributed by atoms with Gasteiger partial charge in [-0.3, -0.25) is 9.59 Å². The van der Waals surface area contributed by atoms with Crippen molar-refractivity contribution in [3.8, 4) is 0 Å².